The Morgan fingerprint density at radius 1 is 1.21 bits per heavy atom. The number of fused-ring (bicyclic) bond motifs is 1. The van der Waals surface area contributed by atoms with Gasteiger partial charge in [0.05, 0.1) is 17.4 Å². The van der Waals surface area contributed by atoms with E-state index in [-0.39, 0.29) is 11.8 Å². The van der Waals surface area contributed by atoms with Gasteiger partial charge in [-0.05, 0) is 54.9 Å². The van der Waals surface area contributed by atoms with Gasteiger partial charge in [0.25, 0.3) is 0 Å². The van der Waals surface area contributed by atoms with E-state index in [1.54, 1.807) is 14.0 Å². The summed E-state index contributed by atoms with van der Waals surface area (Å²) in [5.74, 6) is 0.739. The number of likely N-dealkylation sites (tertiary alicyclic amines) is 1. The van der Waals surface area contributed by atoms with E-state index in [0.717, 1.165) is 73.9 Å². The van der Waals surface area contributed by atoms with Crippen molar-refractivity contribution in [1.82, 2.24) is 19.8 Å². The fourth-order valence-corrected chi connectivity index (χ4v) is 6.21. The third-order valence-electron chi connectivity index (χ3n) is 8.59. The van der Waals surface area contributed by atoms with Crippen LogP contribution in [0.2, 0.25) is 0 Å². The van der Waals surface area contributed by atoms with Gasteiger partial charge in [0.1, 0.15) is 0 Å². The lowest BCUT2D eigenvalue weighted by molar-refractivity contribution is -0.127. The van der Waals surface area contributed by atoms with E-state index in [2.05, 4.69) is 60.4 Å². The Hall–Kier alpha value is -3.87. The van der Waals surface area contributed by atoms with Crippen molar-refractivity contribution in [3.63, 3.8) is 0 Å². The van der Waals surface area contributed by atoms with Crippen LogP contribution in [0.3, 0.4) is 0 Å². The van der Waals surface area contributed by atoms with Crippen molar-refractivity contribution in [3.05, 3.63) is 76.9 Å². The number of nitrogens with zero attached hydrogens (tertiary/aromatic N) is 5. The predicted octanol–water partition coefficient (Wildman–Crippen LogP) is 7.17. The molecule has 7 heteroatoms. The van der Waals surface area contributed by atoms with Gasteiger partial charge in [-0.25, -0.2) is 9.97 Å². The molecule has 1 aromatic carbocycles. The molecular weight excluding hydrogens is 520 g/mol. The third-order valence-corrected chi connectivity index (χ3v) is 8.59. The average Bonchev–Trinajstić information content (AvgIpc) is 3.77. The summed E-state index contributed by atoms with van der Waals surface area (Å²) >= 11 is 0. The number of rotatable bonds is 9. The zero-order valence-corrected chi connectivity index (χ0v) is 25.6. The van der Waals surface area contributed by atoms with Crippen LogP contribution in [0.5, 0.6) is 0 Å². The SMILES string of the molecule is CCCC(C=NC)c1cnc(-c2cccc(C3=CN(C)C4CC4=C3)c2)nc1C(=N)C/C=C1\CCCCCCN1C(C)=O. The van der Waals surface area contributed by atoms with Crippen molar-refractivity contribution in [2.45, 2.75) is 83.6 Å². The minimum Gasteiger partial charge on any atom is -0.373 e. The Labute approximate surface area is 250 Å². The Balaban J connectivity index is 1.49. The molecule has 5 rings (SSSR count). The number of hydrogen-bond donors (Lipinski definition) is 1. The molecule has 42 heavy (non-hydrogen) atoms. The highest BCUT2D eigenvalue weighted by Gasteiger charge is 2.35. The van der Waals surface area contributed by atoms with Gasteiger partial charge in [0, 0.05) is 75.3 Å². The Morgan fingerprint density at radius 3 is 2.79 bits per heavy atom. The maximum absolute atomic E-state index is 12.4. The largest absolute Gasteiger partial charge is 0.373 e. The number of aliphatic imine (C=N–C) groups is 1. The second-order valence-corrected chi connectivity index (χ2v) is 11.8. The van der Waals surface area contributed by atoms with Crippen LogP contribution < -0.4 is 0 Å². The first kappa shape index (κ1) is 29.6. The first-order chi connectivity index (χ1) is 20.4. The van der Waals surface area contributed by atoms with Crippen molar-refractivity contribution < 1.29 is 4.79 Å². The van der Waals surface area contributed by atoms with Gasteiger partial charge in [0.15, 0.2) is 5.82 Å². The van der Waals surface area contributed by atoms with Crippen molar-refractivity contribution >= 4 is 23.4 Å². The molecule has 1 N–H and O–H groups in total. The maximum Gasteiger partial charge on any atom is 0.223 e. The number of carbonyl (C=O) groups is 1. The van der Waals surface area contributed by atoms with E-state index in [1.165, 1.54) is 17.6 Å². The summed E-state index contributed by atoms with van der Waals surface area (Å²) in [6.07, 6.45) is 19.2. The first-order valence-corrected chi connectivity index (χ1v) is 15.5. The molecule has 2 fully saturated rings. The summed E-state index contributed by atoms with van der Waals surface area (Å²) in [7, 11) is 3.93. The number of aromatic nitrogens is 2. The fraction of sp³-hybridized carbons (Fsp3) is 0.457. The van der Waals surface area contributed by atoms with Crippen molar-refractivity contribution in [1.29, 1.82) is 5.41 Å². The van der Waals surface area contributed by atoms with Gasteiger partial charge >= 0.3 is 0 Å². The number of nitrogens with one attached hydrogen (secondary N) is 1. The van der Waals surface area contributed by atoms with E-state index >= 15 is 0 Å². The minimum atomic E-state index is 0.0412. The van der Waals surface area contributed by atoms with E-state index in [9.17, 15) is 10.2 Å². The second kappa shape index (κ2) is 13.4. The molecule has 2 unspecified atom stereocenters. The van der Waals surface area contributed by atoms with Crippen LogP contribution in [0.25, 0.3) is 17.0 Å². The van der Waals surface area contributed by atoms with E-state index in [1.807, 2.05) is 23.4 Å². The molecule has 1 saturated heterocycles. The van der Waals surface area contributed by atoms with Gasteiger partial charge in [-0.3, -0.25) is 4.79 Å². The standard InChI is InChI=1S/C35H44N6O/c1-5-11-27(21-37-3)31-22-38-35(26-13-10-12-25(18-26)29-19-28-20-33(28)40(4)23-29)39-34(31)32(36)16-15-30-14-8-6-7-9-17-41(30)24(2)42/h10,12-13,15,18-19,21-23,27,33,36H,5-9,11,14,16-17,20H2,1-4H3/b30-15+,36-32?,37-21?. The van der Waals surface area contributed by atoms with Gasteiger partial charge in [-0.1, -0.05) is 56.5 Å². The van der Waals surface area contributed by atoms with Crippen LogP contribution in [0.15, 0.2) is 65.1 Å². The Bertz CT molecular complexity index is 1450. The molecule has 2 aliphatic heterocycles. The molecule has 1 saturated carbocycles. The van der Waals surface area contributed by atoms with Crippen LogP contribution in [-0.4, -0.2) is 64.3 Å². The highest BCUT2D eigenvalue weighted by atomic mass is 16.2. The number of allylic oxidation sites excluding steroid dienone is 4. The zero-order chi connectivity index (χ0) is 29.6. The lowest BCUT2D eigenvalue weighted by Gasteiger charge is -2.27. The van der Waals surface area contributed by atoms with E-state index in [4.69, 9.17) is 9.97 Å². The lowest BCUT2D eigenvalue weighted by atomic mass is 9.92. The summed E-state index contributed by atoms with van der Waals surface area (Å²) in [4.78, 5) is 30.9. The summed E-state index contributed by atoms with van der Waals surface area (Å²) in [6, 6.07) is 8.97. The number of amides is 1. The normalized spacial score (nSPS) is 20.5. The van der Waals surface area contributed by atoms with Crippen molar-refractivity contribution in [3.8, 4) is 11.4 Å². The highest BCUT2D eigenvalue weighted by molar-refractivity contribution is 6.00. The van der Waals surface area contributed by atoms with E-state index in [0.29, 0.717) is 29.7 Å². The summed E-state index contributed by atoms with van der Waals surface area (Å²) < 4.78 is 0. The number of likely N-dealkylation sites (N-methyl/N-ethyl adjacent to an activating group) is 1. The monoisotopic (exact) mass is 564 g/mol. The van der Waals surface area contributed by atoms with Crippen molar-refractivity contribution in [2.24, 2.45) is 4.99 Å². The second-order valence-electron chi connectivity index (χ2n) is 11.8. The van der Waals surface area contributed by atoms with Crippen LogP contribution in [0.4, 0.5) is 0 Å². The predicted molar refractivity (Wildman–Crippen MR) is 172 cm³/mol. The van der Waals surface area contributed by atoms with Gasteiger partial charge in [-0.2, -0.15) is 0 Å². The molecule has 7 nitrogen and oxygen atoms in total. The first-order valence-electron chi connectivity index (χ1n) is 15.5. The quantitative estimate of drug-likeness (QED) is 0.327. The van der Waals surface area contributed by atoms with Crippen LogP contribution >= 0.6 is 0 Å². The molecule has 0 radical (unpaired) electrons. The number of carbonyl (C=O) groups excluding carboxylic acids is 1. The van der Waals surface area contributed by atoms with Crippen molar-refractivity contribution in [2.75, 3.05) is 20.6 Å². The lowest BCUT2D eigenvalue weighted by Crippen LogP contribution is -2.30. The molecule has 1 aromatic heterocycles. The van der Waals surface area contributed by atoms with Gasteiger partial charge in [-0.15, -0.1) is 0 Å². The smallest absolute Gasteiger partial charge is 0.223 e. The molecule has 1 amide bonds. The molecule has 3 heterocycles. The molecular formula is C35H44N6O. The molecule has 0 spiro atoms. The summed E-state index contributed by atoms with van der Waals surface area (Å²) in [5, 5.41) is 9.22. The highest BCUT2D eigenvalue weighted by Crippen LogP contribution is 2.41. The molecule has 220 valence electrons. The number of benzene rings is 1. The van der Waals surface area contributed by atoms with Crippen LogP contribution in [0, 0.1) is 5.41 Å². The average molecular weight is 565 g/mol. The summed E-state index contributed by atoms with van der Waals surface area (Å²) in [6.45, 7) is 4.56. The maximum atomic E-state index is 12.4. The zero-order valence-electron chi connectivity index (χ0n) is 25.6. The Morgan fingerprint density at radius 2 is 2.02 bits per heavy atom. The molecule has 0 bridgehead atoms. The fourth-order valence-electron chi connectivity index (χ4n) is 6.21. The number of hydrogen-bond acceptors (Lipinski definition) is 6. The third kappa shape index (κ3) is 6.77. The van der Waals surface area contributed by atoms with Gasteiger partial charge < -0.3 is 20.2 Å². The van der Waals surface area contributed by atoms with Crippen LogP contribution in [-0.2, 0) is 4.79 Å². The van der Waals surface area contributed by atoms with Crippen LogP contribution in [0.1, 0.15) is 94.4 Å². The Kier molecular flexibility index (Phi) is 9.45. The molecule has 2 aromatic rings. The molecule has 2 atom stereocenters. The van der Waals surface area contributed by atoms with E-state index < -0.39 is 0 Å². The molecule has 1 aliphatic carbocycles. The topological polar surface area (TPSA) is 85.5 Å². The molecule has 3 aliphatic rings. The van der Waals surface area contributed by atoms with Gasteiger partial charge in [0.2, 0.25) is 5.91 Å². The minimum absolute atomic E-state index is 0.0412. The summed E-state index contributed by atoms with van der Waals surface area (Å²) in [5.41, 5.74) is 7.84.